The number of hydrogen-bond donors (Lipinski definition) is 2. The highest BCUT2D eigenvalue weighted by molar-refractivity contribution is 5.78. The fourth-order valence-electron chi connectivity index (χ4n) is 3.78. The highest BCUT2D eigenvalue weighted by atomic mass is 16.3. The second kappa shape index (κ2) is 9.62. The number of amides is 3. The van der Waals surface area contributed by atoms with E-state index in [9.17, 15) is 9.59 Å². The zero-order chi connectivity index (χ0) is 18.2. The quantitative estimate of drug-likeness (QED) is 0.695. The van der Waals surface area contributed by atoms with Crippen LogP contribution in [-0.4, -0.2) is 61.0 Å². The Hall–Kier alpha value is -2.02. The van der Waals surface area contributed by atoms with E-state index in [1.807, 2.05) is 17.0 Å². The molecule has 7 nitrogen and oxygen atoms in total. The Labute approximate surface area is 155 Å². The third-order valence-electron chi connectivity index (χ3n) is 5.22. The van der Waals surface area contributed by atoms with Gasteiger partial charge in [-0.2, -0.15) is 0 Å². The Morgan fingerprint density at radius 1 is 1.15 bits per heavy atom. The summed E-state index contributed by atoms with van der Waals surface area (Å²) in [6.07, 6.45) is 7.75. The number of rotatable bonds is 8. The number of urea groups is 1. The van der Waals surface area contributed by atoms with Gasteiger partial charge in [0.2, 0.25) is 5.91 Å². The summed E-state index contributed by atoms with van der Waals surface area (Å²) in [5.74, 6) is 1.14. The van der Waals surface area contributed by atoms with Gasteiger partial charge in [0.15, 0.2) is 0 Å². The monoisotopic (exact) mass is 362 g/mol. The molecule has 0 bridgehead atoms. The lowest BCUT2D eigenvalue weighted by molar-refractivity contribution is -0.127. The Morgan fingerprint density at radius 3 is 2.69 bits per heavy atom. The first kappa shape index (κ1) is 18.8. The van der Waals surface area contributed by atoms with Gasteiger partial charge in [-0.15, -0.1) is 0 Å². The van der Waals surface area contributed by atoms with Crippen LogP contribution in [0.15, 0.2) is 22.8 Å². The lowest BCUT2D eigenvalue weighted by atomic mass is 10.1. The first-order valence-corrected chi connectivity index (χ1v) is 9.81. The summed E-state index contributed by atoms with van der Waals surface area (Å²) in [6.45, 7) is 4.76. The van der Waals surface area contributed by atoms with Crippen LogP contribution in [0.5, 0.6) is 0 Å². The van der Waals surface area contributed by atoms with Gasteiger partial charge in [-0.25, -0.2) is 4.79 Å². The van der Waals surface area contributed by atoms with Crippen LogP contribution in [0.2, 0.25) is 0 Å². The van der Waals surface area contributed by atoms with Gasteiger partial charge in [0.05, 0.1) is 12.3 Å². The van der Waals surface area contributed by atoms with Crippen molar-refractivity contribution < 1.29 is 14.0 Å². The molecule has 2 aliphatic heterocycles. The summed E-state index contributed by atoms with van der Waals surface area (Å²) in [5.41, 5.74) is 0. The maximum absolute atomic E-state index is 12.1. The molecule has 2 N–H and O–H groups in total. The maximum atomic E-state index is 12.1. The van der Waals surface area contributed by atoms with E-state index < -0.39 is 0 Å². The molecule has 1 atom stereocenters. The lowest BCUT2D eigenvalue weighted by Crippen LogP contribution is -2.44. The van der Waals surface area contributed by atoms with Gasteiger partial charge < -0.3 is 20.0 Å². The number of furan rings is 1. The predicted molar refractivity (Wildman–Crippen MR) is 98.7 cm³/mol. The fraction of sp³-hybridized carbons (Fsp3) is 0.684. The summed E-state index contributed by atoms with van der Waals surface area (Å²) < 4.78 is 5.60. The smallest absolute Gasteiger partial charge is 0.314 e. The highest BCUT2D eigenvalue weighted by Crippen LogP contribution is 2.24. The number of hydrogen-bond acceptors (Lipinski definition) is 4. The van der Waals surface area contributed by atoms with Gasteiger partial charge >= 0.3 is 6.03 Å². The molecule has 3 amide bonds. The Balaban J connectivity index is 1.39. The van der Waals surface area contributed by atoms with Gasteiger partial charge in [-0.1, -0.05) is 6.42 Å². The van der Waals surface area contributed by atoms with Crippen molar-refractivity contribution in [3.05, 3.63) is 24.2 Å². The summed E-state index contributed by atoms with van der Waals surface area (Å²) >= 11 is 0. The zero-order valence-corrected chi connectivity index (χ0v) is 15.4. The van der Waals surface area contributed by atoms with E-state index in [0.717, 1.165) is 44.8 Å². The molecule has 0 aliphatic carbocycles. The summed E-state index contributed by atoms with van der Waals surface area (Å²) in [7, 11) is 0. The second-order valence-corrected chi connectivity index (χ2v) is 7.10. The van der Waals surface area contributed by atoms with Crippen molar-refractivity contribution >= 4 is 11.9 Å². The average Bonchev–Trinajstić information content (AvgIpc) is 3.32. The number of likely N-dealkylation sites (tertiary alicyclic amines) is 2. The molecule has 0 aromatic carbocycles. The molecule has 1 aromatic rings. The number of nitrogens with zero attached hydrogens (tertiary/aromatic N) is 2. The first-order chi connectivity index (χ1) is 12.7. The number of piperidine rings is 1. The van der Waals surface area contributed by atoms with Crippen molar-refractivity contribution in [1.82, 2.24) is 20.4 Å². The Kier molecular flexibility index (Phi) is 6.94. The molecule has 2 aliphatic rings. The number of carbonyl (C=O) groups excluding carboxylic acids is 2. The summed E-state index contributed by atoms with van der Waals surface area (Å²) in [5, 5.41) is 5.86. The molecule has 3 rings (SSSR count). The molecular formula is C19H30N4O3. The Bertz CT molecular complexity index is 569. The van der Waals surface area contributed by atoms with Crippen LogP contribution in [0.4, 0.5) is 4.79 Å². The van der Waals surface area contributed by atoms with Crippen molar-refractivity contribution in [2.24, 2.45) is 0 Å². The molecular weight excluding hydrogens is 332 g/mol. The van der Waals surface area contributed by atoms with Crippen LogP contribution in [0.25, 0.3) is 0 Å². The number of carbonyl (C=O) groups is 2. The predicted octanol–water partition coefficient (Wildman–Crippen LogP) is 2.12. The van der Waals surface area contributed by atoms with Crippen LogP contribution in [-0.2, 0) is 4.79 Å². The highest BCUT2D eigenvalue weighted by Gasteiger charge is 2.25. The van der Waals surface area contributed by atoms with E-state index in [1.54, 1.807) is 6.26 Å². The third-order valence-corrected chi connectivity index (χ3v) is 5.22. The van der Waals surface area contributed by atoms with Crippen molar-refractivity contribution in [1.29, 1.82) is 0 Å². The van der Waals surface area contributed by atoms with Crippen molar-refractivity contribution in [3.8, 4) is 0 Å². The van der Waals surface area contributed by atoms with E-state index in [4.69, 9.17) is 4.42 Å². The number of nitrogens with one attached hydrogen (secondary N) is 2. The molecule has 3 heterocycles. The van der Waals surface area contributed by atoms with Gasteiger partial charge in [0.25, 0.3) is 0 Å². The molecule has 7 heteroatoms. The molecule has 0 radical (unpaired) electrons. The topological polar surface area (TPSA) is 77.8 Å². The fourth-order valence-corrected chi connectivity index (χ4v) is 3.78. The van der Waals surface area contributed by atoms with E-state index in [0.29, 0.717) is 19.5 Å². The van der Waals surface area contributed by atoms with Crippen molar-refractivity contribution in [2.45, 2.75) is 44.6 Å². The maximum Gasteiger partial charge on any atom is 0.314 e. The standard InChI is InChI=1S/C19H30N4O3/c24-18-8-4-12-23(18)13-6-9-20-19(25)21-15-16(17-7-5-14-26-17)22-10-2-1-3-11-22/h5,7,14,16H,1-4,6,8-13,15H2,(H2,20,21,25). The molecule has 1 aromatic heterocycles. The van der Waals surface area contributed by atoms with Gasteiger partial charge in [-0.05, 0) is 50.9 Å². The van der Waals surface area contributed by atoms with Crippen LogP contribution < -0.4 is 10.6 Å². The van der Waals surface area contributed by atoms with E-state index in [1.165, 1.54) is 19.3 Å². The molecule has 0 saturated carbocycles. The third kappa shape index (κ3) is 5.24. The molecule has 2 saturated heterocycles. The first-order valence-electron chi connectivity index (χ1n) is 9.81. The van der Waals surface area contributed by atoms with E-state index in [-0.39, 0.29) is 18.0 Å². The zero-order valence-electron chi connectivity index (χ0n) is 15.4. The van der Waals surface area contributed by atoms with Crippen LogP contribution in [0.1, 0.15) is 50.3 Å². The Morgan fingerprint density at radius 2 is 2.00 bits per heavy atom. The molecule has 0 spiro atoms. The SMILES string of the molecule is O=C(NCCCN1CCCC1=O)NCC(c1ccco1)N1CCCCC1. The van der Waals surface area contributed by atoms with Crippen molar-refractivity contribution in [2.75, 3.05) is 39.3 Å². The van der Waals surface area contributed by atoms with E-state index >= 15 is 0 Å². The summed E-state index contributed by atoms with van der Waals surface area (Å²) in [6, 6.07) is 3.79. The van der Waals surface area contributed by atoms with Crippen LogP contribution >= 0.6 is 0 Å². The second-order valence-electron chi connectivity index (χ2n) is 7.10. The van der Waals surface area contributed by atoms with Crippen LogP contribution in [0.3, 0.4) is 0 Å². The minimum absolute atomic E-state index is 0.0817. The summed E-state index contributed by atoms with van der Waals surface area (Å²) in [4.78, 5) is 27.9. The minimum atomic E-state index is -0.161. The minimum Gasteiger partial charge on any atom is -0.468 e. The lowest BCUT2D eigenvalue weighted by Gasteiger charge is -2.33. The van der Waals surface area contributed by atoms with Gasteiger partial charge in [0, 0.05) is 32.6 Å². The average molecular weight is 362 g/mol. The molecule has 1 unspecified atom stereocenters. The normalized spacial score (nSPS) is 19.5. The molecule has 26 heavy (non-hydrogen) atoms. The largest absolute Gasteiger partial charge is 0.468 e. The molecule has 144 valence electrons. The molecule has 2 fully saturated rings. The van der Waals surface area contributed by atoms with Crippen molar-refractivity contribution in [3.63, 3.8) is 0 Å². The van der Waals surface area contributed by atoms with Crippen LogP contribution in [0, 0.1) is 0 Å². The van der Waals surface area contributed by atoms with Gasteiger partial charge in [0.1, 0.15) is 5.76 Å². The van der Waals surface area contributed by atoms with E-state index in [2.05, 4.69) is 15.5 Å². The van der Waals surface area contributed by atoms with Gasteiger partial charge in [-0.3, -0.25) is 9.69 Å².